The minimum absolute atomic E-state index is 0.0436. The van der Waals surface area contributed by atoms with Crippen molar-refractivity contribution in [3.05, 3.63) is 116 Å². The number of halogens is 2. The van der Waals surface area contributed by atoms with Crippen molar-refractivity contribution in [2.75, 3.05) is 13.1 Å². The topological polar surface area (TPSA) is 111 Å². The Labute approximate surface area is 252 Å². The van der Waals surface area contributed by atoms with Gasteiger partial charge in [-0.05, 0) is 72.6 Å². The smallest absolute Gasteiger partial charge is 0.271 e. The van der Waals surface area contributed by atoms with Crippen LogP contribution in [0, 0.1) is 10.1 Å². The van der Waals surface area contributed by atoms with E-state index in [9.17, 15) is 19.7 Å². The Balaban J connectivity index is 1.62. The van der Waals surface area contributed by atoms with Gasteiger partial charge in [0.1, 0.15) is 11.5 Å². The fourth-order valence-corrected chi connectivity index (χ4v) is 6.47. The summed E-state index contributed by atoms with van der Waals surface area (Å²) >= 11 is 10.7. The molecule has 3 heterocycles. The molecule has 0 spiro atoms. The lowest BCUT2D eigenvalue weighted by Crippen LogP contribution is -2.43. The molecule has 2 aromatic carbocycles. The van der Waals surface area contributed by atoms with E-state index in [1.807, 2.05) is 26.0 Å². The first-order valence-electron chi connectivity index (χ1n) is 12.7. The van der Waals surface area contributed by atoms with Gasteiger partial charge in [-0.3, -0.25) is 24.3 Å². The summed E-state index contributed by atoms with van der Waals surface area (Å²) in [6.07, 6.45) is 1.64. The largest absolute Gasteiger partial charge is 0.457 e. The lowest BCUT2D eigenvalue weighted by molar-refractivity contribution is -0.384. The van der Waals surface area contributed by atoms with Crippen molar-refractivity contribution in [3.8, 4) is 11.3 Å². The van der Waals surface area contributed by atoms with Gasteiger partial charge in [0.25, 0.3) is 17.2 Å². The molecule has 0 aliphatic carbocycles. The molecule has 41 heavy (non-hydrogen) atoms. The van der Waals surface area contributed by atoms with Crippen LogP contribution >= 0.6 is 38.9 Å². The lowest BCUT2D eigenvalue weighted by Gasteiger charge is -2.29. The van der Waals surface area contributed by atoms with Crippen LogP contribution in [0.4, 0.5) is 5.69 Å². The SMILES string of the molecule is CCN(CC)C(=O)C1=C(C)N=c2s/c(=C/c3ccc(-c4ccc([N+](=O)[O-])cc4Br)o3)c(=O)n2[C@H]1c1ccc(Cl)cc1. The minimum Gasteiger partial charge on any atom is -0.457 e. The molecule has 2 aromatic heterocycles. The summed E-state index contributed by atoms with van der Waals surface area (Å²) in [5, 5.41) is 11.6. The summed E-state index contributed by atoms with van der Waals surface area (Å²) in [5.41, 5.74) is 2.03. The number of benzene rings is 2. The maximum absolute atomic E-state index is 13.9. The summed E-state index contributed by atoms with van der Waals surface area (Å²) in [6.45, 7) is 6.66. The molecule has 1 amide bonds. The first-order chi connectivity index (χ1) is 19.6. The van der Waals surface area contributed by atoms with E-state index in [4.69, 9.17) is 16.0 Å². The highest BCUT2D eigenvalue weighted by atomic mass is 79.9. The van der Waals surface area contributed by atoms with E-state index < -0.39 is 11.0 Å². The Hall–Kier alpha value is -3.80. The summed E-state index contributed by atoms with van der Waals surface area (Å²) < 4.78 is 8.44. The summed E-state index contributed by atoms with van der Waals surface area (Å²) in [7, 11) is 0. The molecule has 4 aromatic rings. The number of nitrogens with zero attached hydrogens (tertiary/aromatic N) is 4. The number of nitro benzene ring substituents is 1. The fraction of sp³-hybridized carbons (Fsp3) is 0.207. The monoisotopic (exact) mass is 654 g/mol. The zero-order valence-corrected chi connectivity index (χ0v) is 25.4. The minimum atomic E-state index is -0.679. The Morgan fingerprint density at radius 2 is 1.90 bits per heavy atom. The van der Waals surface area contributed by atoms with Gasteiger partial charge in [-0.25, -0.2) is 4.99 Å². The molecule has 0 N–H and O–H groups in total. The molecule has 0 saturated carbocycles. The highest BCUT2D eigenvalue weighted by Crippen LogP contribution is 2.34. The van der Waals surface area contributed by atoms with Crippen LogP contribution in [-0.2, 0) is 4.79 Å². The van der Waals surface area contributed by atoms with Crippen LogP contribution < -0.4 is 14.9 Å². The zero-order chi connectivity index (χ0) is 29.4. The third-order valence-electron chi connectivity index (χ3n) is 6.82. The van der Waals surface area contributed by atoms with Gasteiger partial charge in [-0.2, -0.15) is 0 Å². The van der Waals surface area contributed by atoms with E-state index in [1.54, 1.807) is 52.8 Å². The second-order valence-corrected chi connectivity index (χ2v) is 11.5. The van der Waals surface area contributed by atoms with Gasteiger partial charge in [0, 0.05) is 46.4 Å². The van der Waals surface area contributed by atoms with Crippen LogP contribution in [0.1, 0.15) is 38.1 Å². The average molecular weight is 656 g/mol. The number of furan rings is 1. The molecule has 0 fully saturated rings. The van der Waals surface area contributed by atoms with E-state index in [2.05, 4.69) is 20.9 Å². The van der Waals surface area contributed by atoms with Gasteiger partial charge in [-0.1, -0.05) is 35.1 Å². The predicted molar refractivity (Wildman–Crippen MR) is 162 cm³/mol. The van der Waals surface area contributed by atoms with Crippen molar-refractivity contribution >= 4 is 56.5 Å². The van der Waals surface area contributed by atoms with Gasteiger partial charge in [-0.15, -0.1) is 0 Å². The van der Waals surface area contributed by atoms with E-state index in [1.165, 1.54) is 23.5 Å². The summed E-state index contributed by atoms with van der Waals surface area (Å²) in [4.78, 5) is 45.0. The molecule has 9 nitrogen and oxygen atoms in total. The Morgan fingerprint density at radius 3 is 2.54 bits per heavy atom. The highest BCUT2D eigenvalue weighted by Gasteiger charge is 2.34. The molecule has 0 radical (unpaired) electrons. The Bertz CT molecular complexity index is 1890. The predicted octanol–water partition coefficient (Wildman–Crippen LogP) is 5.69. The van der Waals surface area contributed by atoms with Crippen molar-refractivity contribution in [3.63, 3.8) is 0 Å². The van der Waals surface area contributed by atoms with E-state index in [0.717, 1.165) is 5.56 Å². The number of nitro groups is 1. The molecule has 0 unspecified atom stereocenters. The lowest BCUT2D eigenvalue weighted by atomic mass is 9.94. The van der Waals surface area contributed by atoms with Gasteiger partial charge in [0.05, 0.1) is 26.8 Å². The number of likely N-dealkylation sites (N-methyl/N-ethyl adjacent to an activating group) is 1. The standard InChI is InChI=1S/C29H24BrClN4O5S/c1-4-33(5-2)28(37)25-16(3)32-29-34(26(25)17-6-8-18(31)9-7-17)27(36)24(41-29)15-20-11-13-23(40-20)21-12-10-19(35(38)39)14-22(21)30/h6-15,26H,4-5H2,1-3H3/b24-15+/t26-/m0/s1. The third-order valence-corrected chi connectivity index (χ3v) is 8.71. The third kappa shape index (κ3) is 5.44. The molecule has 0 saturated heterocycles. The number of carbonyl (C=O) groups excluding carboxylic acids is 1. The van der Waals surface area contributed by atoms with Crippen LogP contribution in [0.3, 0.4) is 0 Å². The zero-order valence-electron chi connectivity index (χ0n) is 22.3. The van der Waals surface area contributed by atoms with Crippen molar-refractivity contribution in [1.29, 1.82) is 0 Å². The number of thiazole rings is 1. The first kappa shape index (κ1) is 28.7. The second-order valence-electron chi connectivity index (χ2n) is 9.23. The quantitative estimate of drug-likeness (QED) is 0.188. The average Bonchev–Trinajstić information content (AvgIpc) is 3.53. The molecule has 12 heteroatoms. The number of fused-ring (bicyclic) bond motifs is 1. The fourth-order valence-electron chi connectivity index (χ4n) is 4.76. The number of allylic oxidation sites excluding steroid dienone is 1. The van der Waals surface area contributed by atoms with Gasteiger partial charge in [0.15, 0.2) is 4.80 Å². The number of hydrogen-bond donors (Lipinski definition) is 0. The molecule has 210 valence electrons. The van der Waals surface area contributed by atoms with Crippen LogP contribution in [0.15, 0.2) is 84.5 Å². The summed E-state index contributed by atoms with van der Waals surface area (Å²) in [5.74, 6) is 0.733. The number of aromatic nitrogens is 1. The maximum Gasteiger partial charge on any atom is 0.271 e. The van der Waals surface area contributed by atoms with Crippen molar-refractivity contribution < 1.29 is 14.1 Å². The number of hydrogen-bond acceptors (Lipinski definition) is 7. The molecule has 1 atom stereocenters. The van der Waals surface area contributed by atoms with Crippen LogP contribution in [-0.4, -0.2) is 33.4 Å². The molecule has 5 rings (SSSR count). The Kier molecular flexibility index (Phi) is 8.12. The van der Waals surface area contributed by atoms with E-state index >= 15 is 0 Å². The molecule has 1 aliphatic rings. The molecule has 1 aliphatic heterocycles. The normalized spacial score (nSPS) is 15.0. The van der Waals surface area contributed by atoms with Crippen molar-refractivity contribution in [1.82, 2.24) is 9.47 Å². The molecule has 0 bridgehead atoms. The van der Waals surface area contributed by atoms with Crippen molar-refractivity contribution in [2.45, 2.75) is 26.8 Å². The molecular weight excluding hydrogens is 632 g/mol. The van der Waals surface area contributed by atoms with E-state index in [-0.39, 0.29) is 17.2 Å². The van der Waals surface area contributed by atoms with Crippen LogP contribution in [0.25, 0.3) is 17.4 Å². The number of amides is 1. The number of carbonyl (C=O) groups is 1. The number of non-ortho nitro benzene ring substituents is 1. The first-order valence-corrected chi connectivity index (χ1v) is 14.7. The highest BCUT2D eigenvalue weighted by molar-refractivity contribution is 9.10. The van der Waals surface area contributed by atoms with Gasteiger partial charge < -0.3 is 9.32 Å². The number of rotatable bonds is 7. The van der Waals surface area contributed by atoms with Gasteiger partial charge >= 0.3 is 0 Å². The van der Waals surface area contributed by atoms with E-state index in [0.29, 0.717) is 60.3 Å². The summed E-state index contributed by atoms with van der Waals surface area (Å²) in [6, 6.07) is 14.3. The van der Waals surface area contributed by atoms with Crippen LogP contribution in [0.5, 0.6) is 0 Å². The van der Waals surface area contributed by atoms with Crippen molar-refractivity contribution in [2.24, 2.45) is 4.99 Å². The molecular formula is C29H24BrClN4O5S. The Morgan fingerprint density at radius 1 is 1.20 bits per heavy atom. The maximum atomic E-state index is 13.9. The second kappa shape index (κ2) is 11.6. The van der Waals surface area contributed by atoms with Gasteiger partial charge in [0.2, 0.25) is 0 Å². The van der Waals surface area contributed by atoms with Crippen LogP contribution in [0.2, 0.25) is 5.02 Å².